The van der Waals surface area contributed by atoms with Crippen LogP contribution in [-0.4, -0.2) is 43.5 Å². The summed E-state index contributed by atoms with van der Waals surface area (Å²) in [5.41, 5.74) is 0. The highest BCUT2D eigenvalue weighted by molar-refractivity contribution is 7.92. The second-order valence-corrected chi connectivity index (χ2v) is 5.69. The molecule has 0 aromatic carbocycles. The summed E-state index contributed by atoms with van der Waals surface area (Å²) in [4.78, 5) is 21.5. The molecule has 1 amide bonds. The summed E-state index contributed by atoms with van der Waals surface area (Å²) in [6.07, 6.45) is 0. The van der Waals surface area contributed by atoms with Crippen LogP contribution in [-0.2, 0) is 19.4 Å². The quantitative estimate of drug-likeness (QED) is 0.655. The minimum absolute atomic E-state index is 0.531. The lowest BCUT2D eigenvalue weighted by molar-refractivity contribution is -0.140. The maximum atomic E-state index is 11.5. The molecular formula is C8H15NO5S. The number of carboxylic acid groups (broad SMARTS) is 1. The molecule has 0 aromatic rings. The zero-order chi connectivity index (χ0) is 12.2. The maximum Gasteiger partial charge on any atom is 0.307 e. The van der Waals surface area contributed by atoms with Crippen LogP contribution in [0.4, 0.5) is 0 Å². The number of carbonyl (C=O) groups is 2. The van der Waals surface area contributed by atoms with Crippen LogP contribution in [0, 0.1) is 5.92 Å². The van der Waals surface area contributed by atoms with E-state index in [0.29, 0.717) is 0 Å². The number of aliphatic carboxylic acids is 1. The van der Waals surface area contributed by atoms with Gasteiger partial charge in [0.1, 0.15) is 5.25 Å². The summed E-state index contributed by atoms with van der Waals surface area (Å²) in [6.45, 7) is 2.53. The summed E-state index contributed by atoms with van der Waals surface area (Å²) < 4.78 is 23.0. The van der Waals surface area contributed by atoms with Gasteiger partial charge in [0.25, 0.3) is 0 Å². The topological polar surface area (TPSA) is 101 Å². The first kappa shape index (κ1) is 13.9. The number of carbonyl (C=O) groups excluding carboxylic acids is 1. The smallest absolute Gasteiger partial charge is 0.307 e. The van der Waals surface area contributed by atoms with Crippen molar-refractivity contribution in [3.8, 4) is 0 Å². The first-order valence-electron chi connectivity index (χ1n) is 4.38. The molecular weight excluding hydrogens is 222 g/mol. The van der Waals surface area contributed by atoms with Gasteiger partial charge in [-0.1, -0.05) is 6.92 Å². The van der Waals surface area contributed by atoms with Gasteiger partial charge in [-0.2, -0.15) is 0 Å². The van der Waals surface area contributed by atoms with Crippen molar-refractivity contribution in [2.24, 2.45) is 5.92 Å². The standard InChI is InChI=1S/C8H15NO5S/c1-5(8(11)12)4-15(13,14)6(2)7(10)9-3/h5-6H,4H2,1-3H3,(H,9,10)(H,11,12). The first-order valence-corrected chi connectivity index (χ1v) is 6.10. The Morgan fingerprint density at radius 1 is 1.33 bits per heavy atom. The summed E-state index contributed by atoms with van der Waals surface area (Å²) in [6, 6.07) is 0. The Labute approximate surface area is 88.6 Å². The van der Waals surface area contributed by atoms with Crippen molar-refractivity contribution in [2.45, 2.75) is 19.1 Å². The molecule has 0 aliphatic rings. The molecule has 0 heterocycles. The zero-order valence-corrected chi connectivity index (χ0v) is 9.67. The molecule has 0 fully saturated rings. The van der Waals surface area contributed by atoms with Crippen LogP contribution < -0.4 is 5.32 Å². The molecule has 7 heteroatoms. The third kappa shape index (κ3) is 3.86. The lowest BCUT2D eigenvalue weighted by Crippen LogP contribution is -2.38. The third-order valence-corrected chi connectivity index (χ3v) is 4.31. The fraction of sp³-hybridized carbons (Fsp3) is 0.750. The Bertz CT molecular complexity index is 348. The van der Waals surface area contributed by atoms with Crippen LogP contribution in [0.5, 0.6) is 0 Å². The average Bonchev–Trinajstić information content (AvgIpc) is 2.14. The zero-order valence-electron chi connectivity index (χ0n) is 8.85. The molecule has 0 aromatic heterocycles. The summed E-state index contributed by atoms with van der Waals surface area (Å²) in [5.74, 6) is -3.37. The van der Waals surface area contributed by atoms with Gasteiger partial charge in [0.15, 0.2) is 9.84 Å². The van der Waals surface area contributed by atoms with Crippen LogP contribution >= 0.6 is 0 Å². The number of nitrogens with one attached hydrogen (secondary N) is 1. The molecule has 0 spiro atoms. The van der Waals surface area contributed by atoms with E-state index in [0.717, 1.165) is 0 Å². The molecule has 15 heavy (non-hydrogen) atoms. The number of amides is 1. The van der Waals surface area contributed by atoms with E-state index in [-0.39, 0.29) is 0 Å². The second-order valence-electron chi connectivity index (χ2n) is 3.33. The van der Waals surface area contributed by atoms with Crippen molar-refractivity contribution < 1.29 is 23.1 Å². The van der Waals surface area contributed by atoms with E-state index in [1.54, 1.807) is 0 Å². The van der Waals surface area contributed by atoms with Gasteiger partial charge in [-0.25, -0.2) is 8.42 Å². The minimum atomic E-state index is -3.71. The van der Waals surface area contributed by atoms with Crippen molar-refractivity contribution in [3.05, 3.63) is 0 Å². The highest BCUT2D eigenvalue weighted by Gasteiger charge is 2.30. The first-order chi connectivity index (χ1) is 6.72. The number of carboxylic acids is 1. The van der Waals surface area contributed by atoms with Gasteiger partial charge >= 0.3 is 5.97 Å². The van der Waals surface area contributed by atoms with E-state index in [1.807, 2.05) is 0 Å². The van der Waals surface area contributed by atoms with Gasteiger partial charge in [-0.05, 0) is 6.92 Å². The van der Waals surface area contributed by atoms with Gasteiger partial charge in [-0.3, -0.25) is 9.59 Å². The summed E-state index contributed by atoms with van der Waals surface area (Å²) in [5, 5.41) is 9.55. The molecule has 2 N–H and O–H groups in total. The van der Waals surface area contributed by atoms with Gasteiger partial charge in [0.05, 0.1) is 11.7 Å². The van der Waals surface area contributed by atoms with E-state index < -0.39 is 38.6 Å². The van der Waals surface area contributed by atoms with Crippen LogP contribution in [0.3, 0.4) is 0 Å². The van der Waals surface area contributed by atoms with Crippen molar-refractivity contribution in [2.75, 3.05) is 12.8 Å². The van der Waals surface area contributed by atoms with Gasteiger partial charge < -0.3 is 10.4 Å². The van der Waals surface area contributed by atoms with Crippen LogP contribution in [0.15, 0.2) is 0 Å². The Morgan fingerprint density at radius 2 is 1.80 bits per heavy atom. The Kier molecular flexibility index (Phi) is 4.73. The van der Waals surface area contributed by atoms with Gasteiger partial charge in [0.2, 0.25) is 5.91 Å². The molecule has 2 atom stereocenters. The molecule has 0 radical (unpaired) electrons. The monoisotopic (exact) mass is 237 g/mol. The second kappa shape index (κ2) is 5.11. The van der Waals surface area contributed by atoms with Crippen molar-refractivity contribution in [3.63, 3.8) is 0 Å². The van der Waals surface area contributed by atoms with E-state index in [2.05, 4.69) is 5.32 Å². The number of hydrogen-bond donors (Lipinski definition) is 2. The molecule has 2 unspecified atom stereocenters. The van der Waals surface area contributed by atoms with Gasteiger partial charge in [0, 0.05) is 7.05 Å². The third-order valence-electron chi connectivity index (χ3n) is 2.06. The normalized spacial score (nSPS) is 15.4. The van der Waals surface area contributed by atoms with Crippen LogP contribution in [0.25, 0.3) is 0 Å². The number of rotatable bonds is 5. The molecule has 0 aliphatic carbocycles. The molecule has 6 nitrogen and oxygen atoms in total. The molecule has 0 rings (SSSR count). The molecule has 0 bridgehead atoms. The average molecular weight is 237 g/mol. The molecule has 0 saturated carbocycles. The highest BCUT2D eigenvalue weighted by atomic mass is 32.2. The SMILES string of the molecule is CNC(=O)C(C)S(=O)(=O)CC(C)C(=O)O. The van der Waals surface area contributed by atoms with Gasteiger partial charge in [-0.15, -0.1) is 0 Å². The predicted molar refractivity (Wildman–Crippen MR) is 54.1 cm³/mol. The van der Waals surface area contributed by atoms with E-state index in [4.69, 9.17) is 5.11 Å². The van der Waals surface area contributed by atoms with Crippen LogP contribution in [0.1, 0.15) is 13.8 Å². The Balaban J connectivity index is 4.70. The van der Waals surface area contributed by atoms with Crippen molar-refractivity contribution in [1.29, 1.82) is 0 Å². The predicted octanol–water partition coefficient (Wildman–Crippen LogP) is -0.744. The van der Waals surface area contributed by atoms with E-state index in [1.165, 1.54) is 20.9 Å². The molecule has 0 saturated heterocycles. The van der Waals surface area contributed by atoms with Crippen LogP contribution in [0.2, 0.25) is 0 Å². The fourth-order valence-corrected chi connectivity index (χ4v) is 2.50. The van der Waals surface area contributed by atoms with Crippen molar-refractivity contribution >= 4 is 21.7 Å². The number of hydrogen-bond acceptors (Lipinski definition) is 4. The maximum absolute atomic E-state index is 11.5. The lowest BCUT2D eigenvalue weighted by Gasteiger charge is -2.13. The number of sulfone groups is 1. The molecule has 0 aliphatic heterocycles. The fourth-order valence-electron chi connectivity index (χ4n) is 0.930. The summed E-state index contributed by atoms with van der Waals surface area (Å²) in [7, 11) is -2.38. The van der Waals surface area contributed by atoms with E-state index in [9.17, 15) is 18.0 Å². The Morgan fingerprint density at radius 3 is 2.13 bits per heavy atom. The van der Waals surface area contributed by atoms with E-state index >= 15 is 0 Å². The minimum Gasteiger partial charge on any atom is -0.481 e. The highest BCUT2D eigenvalue weighted by Crippen LogP contribution is 2.08. The summed E-state index contributed by atoms with van der Waals surface area (Å²) >= 11 is 0. The van der Waals surface area contributed by atoms with Crippen molar-refractivity contribution in [1.82, 2.24) is 5.32 Å². The Hall–Kier alpha value is -1.11. The largest absolute Gasteiger partial charge is 0.481 e. The lowest BCUT2D eigenvalue weighted by atomic mass is 10.2. The molecule has 88 valence electrons.